The lowest BCUT2D eigenvalue weighted by molar-refractivity contribution is 0.0933. The highest BCUT2D eigenvalue weighted by Gasteiger charge is 2.20. The Morgan fingerprint density at radius 2 is 1.89 bits per heavy atom. The van der Waals surface area contributed by atoms with E-state index >= 15 is 0 Å². The number of carbonyl (C=O) groups is 1. The van der Waals surface area contributed by atoms with Crippen LogP contribution in [0.15, 0.2) is 70.0 Å². The van der Waals surface area contributed by atoms with Gasteiger partial charge in [-0.15, -0.1) is 0 Å². The number of hydrogen-bond acceptors (Lipinski definition) is 6. The molecule has 0 unspecified atom stereocenters. The number of carbonyl (C=O) groups excluding carboxylic acids is 1. The standard InChI is InChI=1S/C28H29N3O4/c1-17-15-21(19(3)31-23-11-8-12-29-24(23)28(33)30-13-14-34-4)27-22(16-17)25(32)18(2)26(35-27)20-9-6-5-7-10-20/h5-12,15-16,19,31H,13-14H2,1-4H3,(H,30,33)/t19-/m1/s1. The molecule has 2 heterocycles. The van der Waals surface area contributed by atoms with Crippen molar-refractivity contribution in [1.82, 2.24) is 10.3 Å². The highest BCUT2D eigenvalue weighted by molar-refractivity contribution is 5.97. The molecule has 2 N–H and O–H groups in total. The van der Waals surface area contributed by atoms with Crippen LogP contribution >= 0.6 is 0 Å². The van der Waals surface area contributed by atoms with Crippen molar-refractivity contribution in [3.8, 4) is 11.3 Å². The van der Waals surface area contributed by atoms with E-state index in [4.69, 9.17) is 9.15 Å². The van der Waals surface area contributed by atoms with E-state index < -0.39 is 0 Å². The Morgan fingerprint density at radius 3 is 2.63 bits per heavy atom. The number of amides is 1. The van der Waals surface area contributed by atoms with Crippen molar-refractivity contribution in [2.24, 2.45) is 0 Å². The van der Waals surface area contributed by atoms with E-state index in [2.05, 4.69) is 15.6 Å². The van der Waals surface area contributed by atoms with Gasteiger partial charge in [-0.05, 0) is 44.5 Å². The van der Waals surface area contributed by atoms with Crippen molar-refractivity contribution in [2.45, 2.75) is 26.8 Å². The molecule has 0 fully saturated rings. The van der Waals surface area contributed by atoms with Crippen LogP contribution in [0.1, 0.15) is 40.1 Å². The molecule has 4 rings (SSSR count). The summed E-state index contributed by atoms with van der Waals surface area (Å²) in [6.07, 6.45) is 1.58. The Bertz CT molecular complexity index is 1410. The van der Waals surface area contributed by atoms with E-state index in [-0.39, 0.29) is 23.1 Å². The Hall–Kier alpha value is -3.97. The summed E-state index contributed by atoms with van der Waals surface area (Å²) in [4.78, 5) is 30.3. The minimum Gasteiger partial charge on any atom is -0.455 e. The SMILES string of the molecule is COCCNC(=O)c1ncccc1N[C@H](C)c1cc(C)cc2c(=O)c(C)c(-c3ccccc3)oc12. The lowest BCUT2D eigenvalue weighted by atomic mass is 9.98. The second-order valence-electron chi connectivity index (χ2n) is 8.50. The number of nitrogens with zero attached hydrogens (tertiary/aromatic N) is 1. The molecule has 7 nitrogen and oxygen atoms in total. The zero-order valence-electron chi connectivity index (χ0n) is 20.3. The Labute approximate surface area is 204 Å². The van der Waals surface area contributed by atoms with Crippen molar-refractivity contribution >= 4 is 22.6 Å². The van der Waals surface area contributed by atoms with Gasteiger partial charge in [-0.3, -0.25) is 9.59 Å². The van der Waals surface area contributed by atoms with Crippen LogP contribution in [0, 0.1) is 13.8 Å². The van der Waals surface area contributed by atoms with Crippen LogP contribution in [-0.2, 0) is 4.74 Å². The van der Waals surface area contributed by atoms with Gasteiger partial charge in [0.25, 0.3) is 5.91 Å². The molecule has 180 valence electrons. The molecule has 0 spiro atoms. The van der Waals surface area contributed by atoms with E-state index in [1.807, 2.05) is 62.4 Å². The highest BCUT2D eigenvalue weighted by Crippen LogP contribution is 2.32. The minimum atomic E-state index is -0.292. The Kier molecular flexibility index (Phi) is 7.27. The van der Waals surface area contributed by atoms with Crippen LogP contribution in [0.4, 0.5) is 5.69 Å². The summed E-state index contributed by atoms with van der Waals surface area (Å²) in [5.74, 6) is 0.264. The van der Waals surface area contributed by atoms with Crippen molar-refractivity contribution in [1.29, 1.82) is 0 Å². The monoisotopic (exact) mass is 471 g/mol. The van der Waals surface area contributed by atoms with Gasteiger partial charge in [0.2, 0.25) is 0 Å². The number of aromatic nitrogens is 1. The number of rotatable bonds is 8. The smallest absolute Gasteiger partial charge is 0.272 e. The molecule has 7 heteroatoms. The first-order valence-electron chi connectivity index (χ1n) is 11.5. The van der Waals surface area contributed by atoms with E-state index in [1.165, 1.54) is 0 Å². The summed E-state index contributed by atoms with van der Waals surface area (Å²) >= 11 is 0. The maximum absolute atomic E-state index is 13.3. The van der Waals surface area contributed by atoms with Crippen LogP contribution in [0.2, 0.25) is 0 Å². The minimum absolute atomic E-state index is 0.0539. The van der Waals surface area contributed by atoms with Crippen LogP contribution in [0.3, 0.4) is 0 Å². The van der Waals surface area contributed by atoms with Gasteiger partial charge in [0.15, 0.2) is 11.1 Å². The third-order valence-electron chi connectivity index (χ3n) is 5.88. The van der Waals surface area contributed by atoms with Gasteiger partial charge < -0.3 is 19.8 Å². The zero-order chi connectivity index (χ0) is 24.9. The van der Waals surface area contributed by atoms with Gasteiger partial charge in [-0.1, -0.05) is 36.4 Å². The molecule has 2 aromatic heterocycles. The highest BCUT2D eigenvalue weighted by atomic mass is 16.5. The molecular weight excluding hydrogens is 442 g/mol. The second-order valence-corrected chi connectivity index (χ2v) is 8.50. The molecule has 2 aromatic carbocycles. The topological polar surface area (TPSA) is 93.5 Å². The summed E-state index contributed by atoms with van der Waals surface area (Å²) in [7, 11) is 1.58. The molecule has 4 aromatic rings. The number of fused-ring (bicyclic) bond motifs is 1. The number of pyridine rings is 1. The molecule has 0 radical (unpaired) electrons. The van der Waals surface area contributed by atoms with Crippen molar-refractivity contribution < 1.29 is 13.9 Å². The Morgan fingerprint density at radius 1 is 1.11 bits per heavy atom. The molecule has 0 aliphatic carbocycles. The van der Waals surface area contributed by atoms with Crippen LogP contribution in [0.25, 0.3) is 22.3 Å². The van der Waals surface area contributed by atoms with Gasteiger partial charge in [-0.2, -0.15) is 0 Å². The molecule has 35 heavy (non-hydrogen) atoms. The van der Waals surface area contributed by atoms with E-state index in [1.54, 1.807) is 26.3 Å². The lowest BCUT2D eigenvalue weighted by Gasteiger charge is -2.20. The van der Waals surface area contributed by atoms with E-state index in [9.17, 15) is 9.59 Å². The molecule has 0 aliphatic rings. The van der Waals surface area contributed by atoms with Crippen LogP contribution in [0.5, 0.6) is 0 Å². The largest absolute Gasteiger partial charge is 0.455 e. The molecule has 1 amide bonds. The molecule has 1 atom stereocenters. The average Bonchev–Trinajstić information content (AvgIpc) is 2.87. The lowest BCUT2D eigenvalue weighted by Crippen LogP contribution is -2.28. The molecule has 0 saturated carbocycles. The predicted molar refractivity (Wildman–Crippen MR) is 138 cm³/mol. The molecule has 0 saturated heterocycles. The summed E-state index contributed by atoms with van der Waals surface area (Å²) in [6, 6.07) is 16.8. The summed E-state index contributed by atoms with van der Waals surface area (Å²) < 4.78 is 11.4. The fraction of sp³-hybridized carbons (Fsp3) is 0.250. The zero-order valence-corrected chi connectivity index (χ0v) is 20.3. The third kappa shape index (κ3) is 5.10. The summed E-state index contributed by atoms with van der Waals surface area (Å²) in [5, 5.41) is 6.74. The van der Waals surface area contributed by atoms with E-state index in [0.29, 0.717) is 41.1 Å². The Balaban J connectivity index is 1.76. The maximum Gasteiger partial charge on any atom is 0.272 e. The van der Waals surface area contributed by atoms with E-state index in [0.717, 1.165) is 16.7 Å². The summed E-state index contributed by atoms with van der Waals surface area (Å²) in [6.45, 7) is 6.51. The van der Waals surface area contributed by atoms with Crippen molar-refractivity contribution in [2.75, 3.05) is 25.6 Å². The second kappa shape index (κ2) is 10.5. The van der Waals surface area contributed by atoms with Crippen LogP contribution in [-0.4, -0.2) is 31.2 Å². The predicted octanol–water partition coefficient (Wildman–Crippen LogP) is 5.02. The first-order valence-corrected chi connectivity index (χ1v) is 11.5. The number of methoxy groups -OCH3 is 1. The van der Waals surface area contributed by atoms with Gasteiger partial charge in [0, 0.05) is 36.5 Å². The van der Waals surface area contributed by atoms with Gasteiger partial charge >= 0.3 is 0 Å². The maximum atomic E-state index is 13.3. The number of benzene rings is 2. The van der Waals surface area contributed by atoms with Crippen molar-refractivity contribution in [3.63, 3.8) is 0 Å². The van der Waals surface area contributed by atoms with Gasteiger partial charge in [-0.25, -0.2) is 4.98 Å². The third-order valence-corrected chi connectivity index (χ3v) is 5.88. The van der Waals surface area contributed by atoms with Gasteiger partial charge in [0.05, 0.1) is 23.7 Å². The number of ether oxygens (including phenoxy) is 1. The van der Waals surface area contributed by atoms with Crippen molar-refractivity contribution in [3.05, 3.63) is 93.4 Å². The quantitative estimate of drug-likeness (QED) is 0.351. The summed E-state index contributed by atoms with van der Waals surface area (Å²) in [5.41, 5.74) is 4.54. The molecule has 0 bridgehead atoms. The van der Waals surface area contributed by atoms with Crippen LogP contribution < -0.4 is 16.1 Å². The first kappa shape index (κ1) is 24.2. The molecule has 0 aliphatic heterocycles. The number of aryl methyl sites for hydroxylation is 1. The molecular formula is C28H29N3O4. The fourth-order valence-corrected chi connectivity index (χ4v) is 4.12. The number of nitrogens with one attached hydrogen (secondary N) is 2. The van der Waals surface area contributed by atoms with Gasteiger partial charge in [0.1, 0.15) is 11.3 Å². The number of hydrogen-bond donors (Lipinski definition) is 2. The fourth-order valence-electron chi connectivity index (χ4n) is 4.12. The number of anilines is 1. The normalized spacial score (nSPS) is 11.9. The first-order chi connectivity index (χ1) is 16.9. The average molecular weight is 472 g/mol.